The molecule has 1 aliphatic rings. The van der Waals surface area contributed by atoms with Crippen molar-refractivity contribution in [3.05, 3.63) is 77.5 Å². The molecule has 148 valence electrons. The van der Waals surface area contributed by atoms with Crippen LogP contribution in [0.15, 0.2) is 69.6 Å². The summed E-state index contributed by atoms with van der Waals surface area (Å²) in [4.78, 5) is 37.9. The maximum absolute atomic E-state index is 12.3. The minimum absolute atomic E-state index is 0.0890. The summed E-state index contributed by atoms with van der Waals surface area (Å²) in [6, 6.07) is 17.6. The largest absolute Gasteiger partial charge is 0.453 e. The molecular formula is C22H15N3O5. The number of hydrogen-bond donors (Lipinski definition) is 1. The molecule has 4 aromatic rings. The first-order valence-corrected chi connectivity index (χ1v) is 9.26. The van der Waals surface area contributed by atoms with Gasteiger partial charge in [0.25, 0.3) is 11.8 Å². The minimum atomic E-state index is -0.474. The number of imide groups is 1. The molecule has 0 bridgehead atoms. The van der Waals surface area contributed by atoms with Crippen molar-refractivity contribution in [1.82, 2.24) is 15.4 Å². The number of carbonyl (C=O) groups excluding carboxylic acids is 3. The number of fused-ring (bicyclic) bond motifs is 2. The third-order valence-corrected chi connectivity index (χ3v) is 4.87. The number of rotatable bonds is 5. The zero-order chi connectivity index (χ0) is 20.7. The van der Waals surface area contributed by atoms with Crippen LogP contribution in [0.25, 0.3) is 22.5 Å². The van der Waals surface area contributed by atoms with Crippen molar-refractivity contribution >= 4 is 28.7 Å². The molecule has 30 heavy (non-hydrogen) atoms. The molecule has 0 aliphatic carbocycles. The van der Waals surface area contributed by atoms with Crippen LogP contribution >= 0.6 is 0 Å². The molecule has 0 saturated heterocycles. The monoisotopic (exact) mass is 401 g/mol. The van der Waals surface area contributed by atoms with Gasteiger partial charge in [0, 0.05) is 11.5 Å². The number of aromatic nitrogens is 1. The molecule has 0 spiro atoms. The summed E-state index contributed by atoms with van der Waals surface area (Å²) in [6.45, 7) is -0.271. The number of hydrogen-bond acceptors (Lipinski definition) is 6. The van der Waals surface area contributed by atoms with E-state index in [0.717, 1.165) is 15.9 Å². The molecule has 2 aromatic carbocycles. The van der Waals surface area contributed by atoms with Crippen molar-refractivity contribution in [2.75, 3.05) is 6.54 Å². The standard InChI is InChI=1S/C22H15N3O5/c26-20(12-25-21(27)15-6-2-3-7-16(15)22(25)28)23-11-14-10-19(30-24-14)18-9-13-5-1-4-8-17(13)29-18/h1-10H,11-12H2,(H,23,26). The number of nitrogens with zero attached hydrogens (tertiary/aromatic N) is 2. The Labute approximate surface area is 170 Å². The highest BCUT2D eigenvalue weighted by atomic mass is 16.5. The molecule has 0 unspecified atom stereocenters. The Morgan fingerprint density at radius 2 is 1.63 bits per heavy atom. The van der Waals surface area contributed by atoms with Gasteiger partial charge in [0.2, 0.25) is 11.7 Å². The van der Waals surface area contributed by atoms with E-state index in [9.17, 15) is 14.4 Å². The first-order chi connectivity index (χ1) is 14.6. The number of amides is 3. The first-order valence-electron chi connectivity index (χ1n) is 9.26. The summed E-state index contributed by atoms with van der Waals surface area (Å²) in [5.41, 5.74) is 1.84. The molecule has 8 nitrogen and oxygen atoms in total. The number of nitrogens with one attached hydrogen (secondary N) is 1. The van der Waals surface area contributed by atoms with Gasteiger partial charge in [-0.05, 0) is 24.3 Å². The van der Waals surface area contributed by atoms with Crippen LogP contribution in [0.4, 0.5) is 0 Å². The topological polar surface area (TPSA) is 106 Å². The third kappa shape index (κ3) is 3.04. The van der Waals surface area contributed by atoms with Gasteiger partial charge in [-0.3, -0.25) is 19.3 Å². The lowest BCUT2D eigenvalue weighted by Gasteiger charge is -2.13. The van der Waals surface area contributed by atoms with Gasteiger partial charge in [0.15, 0.2) is 5.76 Å². The quantitative estimate of drug-likeness (QED) is 0.516. The number of para-hydroxylation sites is 1. The Bertz CT molecular complexity index is 1230. The lowest BCUT2D eigenvalue weighted by atomic mass is 10.1. The van der Waals surface area contributed by atoms with Crippen molar-refractivity contribution < 1.29 is 23.3 Å². The SMILES string of the molecule is O=C(CN1C(=O)c2ccccc2C1=O)NCc1cc(-c2cc3ccccc3o2)on1. The van der Waals surface area contributed by atoms with Crippen molar-refractivity contribution in [2.45, 2.75) is 6.54 Å². The van der Waals surface area contributed by atoms with E-state index in [0.29, 0.717) is 28.3 Å². The van der Waals surface area contributed by atoms with Crippen LogP contribution in [0.2, 0.25) is 0 Å². The van der Waals surface area contributed by atoms with Crippen LogP contribution in [0, 0.1) is 0 Å². The maximum Gasteiger partial charge on any atom is 0.262 e. The summed E-state index contributed by atoms with van der Waals surface area (Å²) in [6.07, 6.45) is 0. The highest BCUT2D eigenvalue weighted by Gasteiger charge is 2.36. The number of carbonyl (C=O) groups is 3. The number of benzene rings is 2. The molecule has 1 N–H and O–H groups in total. The smallest absolute Gasteiger partial charge is 0.262 e. The third-order valence-electron chi connectivity index (χ3n) is 4.87. The fraction of sp³-hybridized carbons (Fsp3) is 0.0909. The van der Waals surface area contributed by atoms with Crippen molar-refractivity contribution in [3.63, 3.8) is 0 Å². The highest BCUT2D eigenvalue weighted by molar-refractivity contribution is 6.22. The number of furan rings is 1. The van der Waals surface area contributed by atoms with E-state index in [1.807, 2.05) is 30.3 Å². The minimum Gasteiger partial charge on any atom is -0.453 e. The molecule has 0 atom stereocenters. The summed E-state index contributed by atoms with van der Waals surface area (Å²) >= 11 is 0. The van der Waals surface area contributed by atoms with E-state index < -0.39 is 17.7 Å². The second-order valence-electron chi connectivity index (χ2n) is 6.85. The second kappa shape index (κ2) is 7.00. The molecule has 5 rings (SSSR count). The summed E-state index contributed by atoms with van der Waals surface area (Å²) in [5.74, 6) is -0.445. The Hall–Kier alpha value is -4.20. The molecule has 8 heteroatoms. The lowest BCUT2D eigenvalue weighted by molar-refractivity contribution is -0.121. The highest BCUT2D eigenvalue weighted by Crippen LogP contribution is 2.28. The Morgan fingerprint density at radius 1 is 0.933 bits per heavy atom. The van der Waals surface area contributed by atoms with Gasteiger partial charge in [-0.25, -0.2) is 0 Å². The molecule has 0 fully saturated rings. The van der Waals surface area contributed by atoms with Gasteiger partial charge in [0.1, 0.15) is 17.8 Å². The molecule has 3 amide bonds. The molecular weight excluding hydrogens is 386 g/mol. The summed E-state index contributed by atoms with van der Waals surface area (Å²) in [5, 5.41) is 7.52. The average molecular weight is 401 g/mol. The summed E-state index contributed by atoms with van der Waals surface area (Å²) in [7, 11) is 0. The molecule has 3 heterocycles. The molecule has 1 aliphatic heterocycles. The maximum atomic E-state index is 12.3. The van der Waals surface area contributed by atoms with Crippen LogP contribution in [0.1, 0.15) is 26.4 Å². The fourth-order valence-corrected chi connectivity index (χ4v) is 3.39. The van der Waals surface area contributed by atoms with Gasteiger partial charge < -0.3 is 14.3 Å². The summed E-state index contributed by atoms with van der Waals surface area (Å²) < 4.78 is 11.0. The van der Waals surface area contributed by atoms with E-state index >= 15 is 0 Å². The van der Waals surface area contributed by atoms with Crippen molar-refractivity contribution in [1.29, 1.82) is 0 Å². The zero-order valence-electron chi connectivity index (χ0n) is 15.6. The first kappa shape index (κ1) is 17.9. The van der Waals surface area contributed by atoms with Gasteiger partial charge in [-0.15, -0.1) is 0 Å². The predicted octanol–water partition coefficient (Wildman–Crippen LogP) is 3.00. The van der Waals surface area contributed by atoms with Crippen LogP contribution in [0.5, 0.6) is 0 Å². The normalized spacial score (nSPS) is 13.1. The van der Waals surface area contributed by atoms with Gasteiger partial charge in [-0.1, -0.05) is 35.5 Å². The average Bonchev–Trinajstić information content (AvgIpc) is 3.46. The predicted molar refractivity (Wildman–Crippen MR) is 105 cm³/mol. The van der Waals surface area contributed by atoms with Gasteiger partial charge >= 0.3 is 0 Å². The van der Waals surface area contributed by atoms with Crippen LogP contribution in [0.3, 0.4) is 0 Å². The van der Waals surface area contributed by atoms with Gasteiger partial charge in [0.05, 0.1) is 17.7 Å². The molecule has 0 radical (unpaired) electrons. The lowest BCUT2D eigenvalue weighted by Crippen LogP contribution is -2.40. The van der Waals surface area contributed by atoms with E-state index in [2.05, 4.69) is 10.5 Å². The van der Waals surface area contributed by atoms with Crippen LogP contribution < -0.4 is 5.32 Å². The van der Waals surface area contributed by atoms with Gasteiger partial charge in [-0.2, -0.15) is 0 Å². The van der Waals surface area contributed by atoms with E-state index in [4.69, 9.17) is 8.94 Å². The van der Waals surface area contributed by atoms with Crippen molar-refractivity contribution in [2.24, 2.45) is 0 Å². The van der Waals surface area contributed by atoms with Crippen LogP contribution in [-0.4, -0.2) is 34.3 Å². The Morgan fingerprint density at radius 3 is 2.37 bits per heavy atom. The second-order valence-corrected chi connectivity index (χ2v) is 6.85. The molecule has 0 saturated carbocycles. The van der Waals surface area contributed by atoms with Crippen molar-refractivity contribution in [3.8, 4) is 11.5 Å². The van der Waals surface area contributed by atoms with Crippen LogP contribution in [-0.2, 0) is 11.3 Å². The Balaban J connectivity index is 1.22. The Kier molecular flexibility index (Phi) is 4.17. The molecule has 2 aromatic heterocycles. The fourth-order valence-electron chi connectivity index (χ4n) is 3.39. The van der Waals surface area contributed by atoms with E-state index in [1.165, 1.54) is 0 Å². The van der Waals surface area contributed by atoms with E-state index in [1.54, 1.807) is 30.3 Å². The zero-order valence-corrected chi connectivity index (χ0v) is 15.6. The van der Waals surface area contributed by atoms with E-state index in [-0.39, 0.29) is 13.1 Å².